The Morgan fingerprint density at radius 2 is 2.09 bits per heavy atom. The van der Waals surface area contributed by atoms with Crippen LogP contribution in [0.2, 0.25) is 0 Å². The van der Waals surface area contributed by atoms with E-state index in [9.17, 15) is 9.59 Å². The highest BCUT2D eigenvalue weighted by Crippen LogP contribution is 2.68. The summed E-state index contributed by atoms with van der Waals surface area (Å²) in [5.74, 6) is 0.677. The second-order valence-electron chi connectivity index (χ2n) is 7.51. The first-order valence-electron chi connectivity index (χ1n) is 8.38. The summed E-state index contributed by atoms with van der Waals surface area (Å²) in [6.07, 6.45) is 3.39. The second-order valence-corrected chi connectivity index (χ2v) is 7.51. The van der Waals surface area contributed by atoms with Crippen LogP contribution in [0.1, 0.15) is 32.6 Å². The molecular formula is C17H24O5. The first-order valence-corrected chi connectivity index (χ1v) is 8.38. The first-order chi connectivity index (χ1) is 10.6. The predicted molar refractivity (Wildman–Crippen MR) is 76.7 cm³/mol. The minimum Gasteiger partial charge on any atom is -0.469 e. The Morgan fingerprint density at radius 3 is 2.77 bits per heavy atom. The lowest BCUT2D eigenvalue weighted by atomic mass is 9.48. The van der Waals surface area contributed by atoms with Crippen molar-refractivity contribution in [3.05, 3.63) is 0 Å². The topological polar surface area (TPSA) is 61.8 Å². The fourth-order valence-electron chi connectivity index (χ4n) is 6.39. The average Bonchev–Trinajstić information content (AvgIpc) is 2.92. The smallest absolute Gasteiger partial charge is 0.313 e. The Bertz CT molecular complexity index is 517. The molecule has 122 valence electrons. The predicted octanol–water partition coefficient (Wildman–Crippen LogP) is 1.79. The molecule has 5 fully saturated rings. The van der Waals surface area contributed by atoms with Gasteiger partial charge in [0.25, 0.3) is 0 Å². The molecule has 0 radical (unpaired) electrons. The minimum atomic E-state index is -0.453. The third kappa shape index (κ3) is 1.48. The van der Waals surface area contributed by atoms with Gasteiger partial charge in [-0.2, -0.15) is 0 Å². The van der Waals surface area contributed by atoms with Crippen LogP contribution in [0.15, 0.2) is 0 Å². The van der Waals surface area contributed by atoms with E-state index in [0.717, 1.165) is 25.7 Å². The van der Waals surface area contributed by atoms with Crippen molar-refractivity contribution in [2.24, 2.45) is 35.0 Å². The van der Waals surface area contributed by atoms with E-state index >= 15 is 0 Å². The molecule has 5 nitrogen and oxygen atoms in total. The van der Waals surface area contributed by atoms with Gasteiger partial charge in [0.2, 0.25) is 0 Å². The van der Waals surface area contributed by atoms with Crippen molar-refractivity contribution in [3.8, 4) is 0 Å². The van der Waals surface area contributed by atoms with E-state index in [1.54, 1.807) is 7.11 Å². The van der Waals surface area contributed by atoms with Gasteiger partial charge in [-0.3, -0.25) is 9.59 Å². The Balaban J connectivity index is 1.80. The summed E-state index contributed by atoms with van der Waals surface area (Å²) < 4.78 is 16.5. The first kappa shape index (κ1) is 14.5. The monoisotopic (exact) mass is 308 g/mol. The average molecular weight is 308 g/mol. The Labute approximate surface area is 130 Å². The number of carbonyl (C=O) groups excluding carboxylic acids is 2. The number of methoxy groups -OCH3 is 2. The lowest BCUT2D eigenvalue weighted by Crippen LogP contribution is -2.69. The van der Waals surface area contributed by atoms with Gasteiger partial charge in [0.05, 0.1) is 24.5 Å². The van der Waals surface area contributed by atoms with Crippen LogP contribution in [0.25, 0.3) is 0 Å². The van der Waals surface area contributed by atoms with Crippen LogP contribution in [0, 0.1) is 35.0 Å². The Morgan fingerprint density at radius 1 is 1.32 bits per heavy atom. The molecule has 0 unspecified atom stereocenters. The number of hydrogen-bond acceptors (Lipinski definition) is 5. The number of esters is 2. The van der Waals surface area contributed by atoms with Crippen LogP contribution in [-0.2, 0) is 23.8 Å². The van der Waals surface area contributed by atoms with Crippen molar-refractivity contribution in [3.63, 3.8) is 0 Å². The van der Waals surface area contributed by atoms with E-state index < -0.39 is 5.41 Å². The number of carbonyl (C=O) groups is 2. The maximum Gasteiger partial charge on any atom is 0.313 e. The highest BCUT2D eigenvalue weighted by Gasteiger charge is 2.73. The zero-order valence-corrected chi connectivity index (χ0v) is 13.4. The van der Waals surface area contributed by atoms with Crippen molar-refractivity contribution in [1.82, 2.24) is 0 Å². The molecule has 5 aliphatic rings. The molecule has 0 aromatic heterocycles. The van der Waals surface area contributed by atoms with Gasteiger partial charge in [-0.1, -0.05) is 13.3 Å². The molecule has 5 rings (SSSR count). The maximum absolute atomic E-state index is 12.8. The van der Waals surface area contributed by atoms with Crippen LogP contribution < -0.4 is 0 Å². The van der Waals surface area contributed by atoms with Crippen LogP contribution in [0.5, 0.6) is 0 Å². The number of ether oxygens (including phenoxy) is 3. The standard InChI is InChI=1S/C17H24O5/c1-8-13(20-2)14-11-7-10(15(18)21-3)9-5-4-6-17(8,12(9)11)16(19)22-14/h8-14H,4-7H2,1-3H3/t8-,9+,10+,11-,12+,13+,14+,17+/m0/s1. The third-order valence-corrected chi connectivity index (χ3v) is 7.14. The van der Waals surface area contributed by atoms with Crippen molar-refractivity contribution in [2.75, 3.05) is 14.2 Å². The van der Waals surface area contributed by atoms with E-state index in [0.29, 0.717) is 0 Å². The van der Waals surface area contributed by atoms with Gasteiger partial charge in [-0.05, 0) is 31.1 Å². The molecule has 3 aliphatic carbocycles. The van der Waals surface area contributed by atoms with Gasteiger partial charge in [-0.25, -0.2) is 0 Å². The Hall–Kier alpha value is -1.10. The fraction of sp³-hybridized carbons (Fsp3) is 0.882. The van der Waals surface area contributed by atoms with Crippen LogP contribution in [0.3, 0.4) is 0 Å². The highest BCUT2D eigenvalue weighted by molar-refractivity contribution is 5.81. The minimum absolute atomic E-state index is 0.0465. The summed E-state index contributed by atoms with van der Waals surface area (Å²) in [7, 11) is 3.16. The van der Waals surface area contributed by atoms with E-state index in [1.165, 1.54) is 7.11 Å². The summed E-state index contributed by atoms with van der Waals surface area (Å²) >= 11 is 0. The van der Waals surface area contributed by atoms with Crippen LogP contribution >= 0.6 is 0 Å². The Kier molecular flexibility index (Phi) is 3.09. The summed E-state index contributed by atoms with van der Waals surface area (Å²) in [6.45, 7) is 2.13. The zero-order valence-electron chi connectivity index (χ0n) is 13.4. The molecule has 8 atom stereocenters. The molecule has 2 saturated heterocycles. The number of fused-ring (bicyclic) bond motifs is 2. The molecular weight excluding hydrogens is 284 g/mol. The maximum atomic E-state index is 12.8. The lowest BCUT2D eigenvalue weighted by Gasteiger charge is -2.61. The van der Waals surface area contributed by atoms with E-state index in [-0.39, 0.29) is 53.7 Å². The van der Waals surface area contributed by atoms with Gasteiger partial charge in [0, 0.05) is 18.9 Å². The summed E-state index contributed by atoms with van der Waals surface area (Å²) in [6, 6.07) is 0. The molecule has 0 N–H and O–H groups in total. The molecule has 0 amide bonds. The van der Waals surface area contributed by atoms with Gasteiger partial charge in [-0.15, -0.1) is 0 Å². The molecule has 5 heteroatoms. The quantitative estimate of drug-likeness (QED) is 0.728. The van der Waals surface area contributed by atoms with Gasteiger partial charge in [0.1, 0.15) is 6.10 Å². The molecule has 2 heterocycles. The van der Waals surface area contributed by atoms with Gasteiger partial charge >= 0.3 is 11.9 Å². The number of hydrogen-bond donors (Lipinski definition) is 0. The van der Waals surface area contributed by atoms with Gasteiger partial charge in [0.15, 0.2) is 0 Å². The van der Waals surface area contributed by atoms with Crippen LogP contribution in [0.4, 0.5) is 0 Å². The summed E-state index contributed by atoms with van der Waals surface area (Å²) in [4.78, 5) is 25.0. The third-order valence-electron chi connectivity index (χ3n) is 7.14. The van der Waals surface area contributed by atoms with E-state index in [4.69, 9.17) is 14.2 Å². The second kappa shape index (κ2) is 4.70. The van der Waals surface area contributed by atoms with Crippen molar-refractivity contribution < 1.29 is 23.8 Å². The molecule has 22 heavy (non-hydrogen) atoms. The van der Waals surface area contributed by atoms with Gasteiger partial charge < -0.3 is 14.2 Å². The summed E-state index contributed by atoms with van der Waals surface area (Å²) in [5, 5.41) is 0. The lowest BCUT2D eigenvalue weighted by molar-refractivity contribution is -0.258. The molecule has 1 spiro atoms. The normalized spacial score (nSPS) is 52.1. The van der Waals surface area contributed by atoms with Crippen LogP contribution in [-0.4, -0.2) is 38.4 Å². The van der Waals surface area contributed by atoms with Crippen molar-refractivity contribution in [1.29, 1.82) is 0 Å². The molecule has 0 aromatic rings. The molecule has 2 aliphatic heterocycles. The van der Waals surface area contributed by atoms with E-state index in [2.05, 4.69) is 6.92 Å². The zero-order chi connectivity index (χ0) is 15.6. The number of rotatable bonds is 2. The SMILES string of the molecule is COC(=O)[C@@H]1C[C@@H]2[C@H]3OC(=O)[C@]4(CCC[C@H]1[C@H]24)[C@@H](C)[C@H]3OC. The highest BCUT2D eigenvalue weighted by atomic mass is 16.6. The van der Waals surface area contributed by atoms with E-state index in [1.807, 2.05) is 0 Å². The molecule has 3 saturated carbocycles. The largest absolute Gasteiger partial charge is 0.469 e. The molecule has 2 bridgehead atoms. The fourth-order valence-corrected chi connectivity index (χ4v) is 6.39. The van der Waals surface area contributed by atoms with Crippen molar-refractivity contribution in [2.45, 2.75) is 44.8 Å². The van der Waals surface area contributed by atoms with Crippen molar-refractivity contribution >= 4 is 11.9 Å². The molecule has 0 aromatic carbocycles. The summed E-state index contributed by atoms with van der Waals surface area (Å²) in [5.41, 5.74) is -0.453.